The number of rotatable bonds is 21. The smallest absolute Gasteiger partial charge is 0.397 e. The Hall–Kier alpha value is 0.550. The Kier molecular flexibility index (Phi) is 16.2. The maximum Gasteiger partial charge on any atom is 0.472 e. The summed E-state index contributed by atoms with van der Waals surface area (Å²) < 4.78 is 60.7. The highest BCUT2D eigenvalue weighted by molar-refractivity contribution is 7.47. The summed E-state index contributed by atoms with van der Waals surface area (Å²) in [6.45, 7) is 4.76. The molecule has 6 radical (unpaired) electrons. The second-order valence-electron chi connectivity index (χ2n) is 8.68. The Balaban J connectivity index is 5.04. The summed E-state index contributed by atoms with van der Waals surface area (Å²) in [6.07, 6.45) is 0.338. The van der Waals surface area contributed by atoms with Crippen molar-refractivity contribution in [2.24, 2.45) is 0 Å². The minimum Gasteiger partial charge on any atom is -0.397 e. The fourth-order valence-electron chi connectivity index (χ4n) is 2.81. The number of aliphatic hydroxyl groups excluding tert-OH is 1. The van der Waals surface area contributed by atoms with Crippen molar-refractivity contribution in [2.45, 2.75) is 76.2 Å². The molecule has 6 atom stereocenters. The predicted octanol–water partition coefficient (Wildman–Crippen LogP) is 1.63. The fourth-order valence-corrected chi connectivity index (χ4v) is 5.54. The van der Waals surface area contributed by atoms with Crippen LogP contribution in [-0.2, 0) is 36.3 Å². The molecule has 0 amide bonds. The number of aliphatic hydroxyl groups is 1. The molecule has 0 aliphatic carbocycles. The summed E-state index contributed by atoms with van der Waals surface area (Å²) in [5, 5.41) is 9.09. The predicted molar refractivity (Wildman–Crippen MR) is 136 cm³/mol. The molecule has 0 saturated heterocycles. The summed E-state index contributed by atoms with van der Waals surface area (Å²) in [7, 11) is -0.867. The molecule has 0 aromatic rings. The molecule has 0 fully saturated rings. The second-order valence-corrected chi connectivity index (χ2v) is 12.7. The first-order valence-corrected chi connectivity index (χ1v) is 15.7. The molecule has 36 heavy (non-hydrogen) atoms. The van der Waals surface area contributed by atoms with Gasteiger partial charge in [0.15, 0.2) is 0 Å². The lowest BCUT2D eigenvalue weighted by molar-refractivity contribution is -0.00142. The minimum absolute atomic E-state index is 0.0101. The van der Waals surface area contributed by atoms with Gasteiger partial charge in [-0.2, -0.15) is 0 Å². The molecule has 5 N–H and O–H groups in total. The summed E-state index contributed by atoms with van der Waals surface area (Å²) in [4.78, 5) is 38.0. The van der Waals surface area contributed by atoms with Gasteiger partial charge in [0.05, 0.1) is 45.4 Å². The highest BCUT2D eigenvalue weighted by Crippen LogP contribution is 2.52. The molecule has 0 heterocycles. The summed E-state index contributed by atoms with van der Waals surface area (Å²) in [6, 6.07) is 0. The number of hydrogen-bond donors (Lipinski definition) is 5. The third kappa shape index (κ3) is 15.8. The van der Waals surface area contributed by atoms with E-state index in [9.17, 15) is 23.5 Å². The molecule has 0 aromatic carbocycles. The Morgan fingerprint density at radius 2 is 1.28 bits per heavy atom. The third-order valence-electron chi connectivity index (χ3n) is 5.43. The van der Waals surface area contributed by atoms with Gasteiger partial charge < -0.3 is 24.7 Å². The molecule has 0 saturated carbocycles. The van der Waals surface area contributed by atoms with Gasteiger partial charge in [0.1, 0.15) is 0 Å². The van der Waals surface area contributed by atoms with E-state index >= 15 is 0 Å². The average Bonchev–Trinajstić information content (AvgIpc) is 2.75. The van der Waals surface area contributed by atoms with E-state index in [1.165, 1.54) is 13.8 Å². The van der Waals surface area contributed by atoms with Crippen molar-refractivity contribution in [1.82, 2.24) is 0 Å². The van der Waals surface area contributed by atoms with E-state index in [1.807, 2.05) is 0 Å². The molecule has 6 unspecified atom stereocenters. The summed E-state index contributed by atoms with van der Waals surface area (Å²) in [5.41, 5.74) is -2.55. The van der Waals surface area contributed by atoms with E-state index in [4.69, 9.17) is 48.5 Å². The Morgan fingerprint density at radius 1 is 0.806 bits per heavy atom. The van der Waals surface area contributed by atoms with E-state index in [0.29, 0.717) is 0 Å². The van der Waals surface area contributed by atoms with E-state index < -0.39 is 59.5 Å². The summed E-state index contributed by atoms with van der Waals surface area (Å²) >= 11 is 0. The lowest BCUT2D eigenvalue weighted by Crippen LogP contribution is -2.32. The Morgan fingerprint density at radius 3 is 1.72 bits per heavy atom. The zero-order valence-electron chi connectivity index (χ0n) is 21.0. The van der Waals surface area contributed by atoms with Crippen LogP contribution in [-0.4, -0.2) is 92.1 Å². The van der Waals surface area contributed by atoms with Gasteiger partial charge in [-0.15, -0.1) is 0 Å². The van der Waals surface area contributed by atoms with Crippen molar-refractivity contribution in [2.75, 3.05) is 26.4 Å². The highest BCUT2D eigenvalue weighted by Gasteiger charge is 2.39. The van der Waals surface area contributed by atoms with Gasteiger partial charge in [-0.25, -0.2) is 13.7 Å². The maximum atomic E-state index is 12.6. The lowest BCUT2D eigenvalue weighted by Gasteiger charge is -2.34. The first-order valence-electron chi connectivity index (χ1n) is 11.1. The van der Waals surface area contributed by atoms with E-state index in [0.717, 1.165) is 14.3 Å². The van der Waals surface area contributed by atoms with Gasteiger partial charge in [0, 0.05) is 28.5 Å². The lowest BCUT2D eigenvalue weighted by atomic mass is 9.46. The average molecular weight is 572 g/mol. The van der Waals surface area contributed by atoms with Gasteiger partial charge in [-0.05, 0) is 38.9 Å². The van der Waals surface area contributed by atoms with Gasteiger partial charge in [0.2, 0.25) is 0 Å². The largest absolute Gasteiger partial charge is 0.472 e. The van der Waals surface area contributed by atoms with Gasteiger partial charge in [-0.1, -0.05) is 19.7 Å². The van der Waals surface area contributed by atoms with Crippen LogP contribution in [0.5, 0.6) is 0 Å². The van der Waals surface area contributed by atoms with Gasteiger partial charge >= 0.3 is 23.5 Å². The molecule has 0 aliphatic heterocycles. The molecule has 13 nitrogen and oxygen atoms in total. The molecule has 20 heteroatoms. The second kappa shape index (κ2) is 16.0. The monoisotopic (exact) mass is 572 g/mol. The van der Waals surface area contributed by atoms with Crippen LogP contribution in [0.4, 0.5) is 0 Å². The molecule has 0 spiro atoms. The topological polar surface area (TPSA) is 199 Å². The van der Waals surface area contributed by atoms with Crippen LogP contribution in [0.15, 0.2) is 0 Å². The zero-order chi connectivity index (χ0) is 28.3. The van der Waals surface area contributed by atoms with Crippen LogP contribution in [0.25, 0.3) is 0 Å². The summed E-state index contributed by atoms with van der Waals surface area (Å²) in [5.74, 6) is -1.38. The van der Waals surface area contributed by atoms with E-state index in [2.05, 4.69) is 4.52 Å². The molecular formula is C16H35B4O13P3. The normalized spacial score (nSPS) is 20.8. The van der Waals surface area contributed by atoms with Gasteiger partial charge in [-0.3, -0.25) is 22.6 Å². The molecular weight excluding hydrogens is 536 g/mol. The molecule has 204 valence electrons. The Bertz CT molecular complexity index is 786. The Labute approximate surface area is 217 Å². The minimum atomic E-state index is -4.73. The number of phosphoric ester groups is 3. The van der Waals surface area contributed by atoms with Crippen molar-refractivity contribution >= 4 is 53.3 Å². The molecule has 0 aliphatic rings. The molecule has 0 aromatic heterocycles. The van der Waals surface area contributed by atoms with Gasteiger partial charge in [0.25, 0.3) is 0 Å². The van der Waals surface area contributed by atoms with E-state index in [-0.39, 0.29) is 38.9 Å². The number of hydrogen-bond acceptors (Lipinski definition) is 9. The van der Waals surface area contributed by atoms with Crippen molar-refractivity contribution in [3.8, 4) is 0 Å². The van der Waals surface area contributed by atoms with Crippen LogP contribution in [0.1, 0.15) is 53.4 Å². The fraction of sp³-hybridized carbons (Fsp3) is 1.00. The van der Waals surface area contributed by atoms with Crippen molar-refractivity contribution in [3.05, 3.63) is 0 Å². The SMILES string of the molecule is [B][B]C(CO)COP(=O)(O)OC(C)(CC)CCOP(=O)(O)OC(C)(CC)CC([B][B])COP(=O)(O)O. The van der Waals surface area contributed by atoms with Crippen LogP contribution in [0.3, 0.4) is 0 Å². The van der Waals surface area contributed by atoms with Crippen molar-refractivity contribution in [3.63, 3.8) is 0 Å². The molecule has 0 bridgehead atoms. The van der Waals surface area contributed by atoms with Crippen LogP contribution < -0.4 is 0 Å². The number of phosphoric acid groups is 3. The molecule has 0 rings (SSSR count). The highest BCUT2D eigenvalue weighted by atomic mass is 31.2. The van der Waals surface area contributed by atoms with Crippen LogP contribution in [0, 0.1) is 0 Å². The van der Waals surface area contributed by atoms with Crippen LogP contribution >= 0.6 is 23.5 Å². The van der Waals surface area contributed by atoms with E-state index in [1.54, 1.807) is 13.8 Å². The third-order valence-corrected chi connectivity index (χ3v) is 8.25. The van der Waals surface area contributed by atoms with Crippen molar-refractivity contribution < 1.29 is 61.0 Å². The zero-order valence-corrected chi connectivity index (χ0v) is 23.6. The first-order chi connectivity index (χ1) is 16.4. The first kappa shape index (κ1) is 36.5. The maximum absolute atomic E-state index is 12.6. The standard InChI is InChI=1S/C16H35B4O13P3/c1-5-15(3,32-36(27,28)31-12-14(10-21)20-18)7-8-29-35(25,26)33-16(4,6-2)9-13(19-17)11-30-34(22,23)24/h13-14,21H,5-12H2,1-4H3,(H,25,26)(H,27,28)(H2,22,23,24). The van der Waals surface area contributed by atoms with Crippen molar-refractivity contribution in [1.29, 1.82) is 0 Å². The van der Waals surface area contributed by atoms with Crippen LogP contribution in [0.2, 0.25) is 11.6 Å². The quantitative estimate of drug-likeness (QED) is 0.0984.